The van der Waals surface area contributed by atoms with Crippen LogP contribution in [-0.4, -0.2) is 11.7 Å². The summed E-state index contributed by atoms with van der Waals surface area (Å²) in [5.74, 6) is 1.31. The fraction of sp³-hybridized carbons (Fsp3) is 0.500. The van der Waals surface area contributed by atoms with Gasteiger partial charge in [0.05, 0.1) is 16.6 Å². The predicted molar refractivity (Wildman–Crippen MR) is 70.7 cm³/mol. The smallest absolute Gasteiger partial charge is 0.278 e. The summed E-state index contributed by atoms with van der Waals surface area (Å²) in [6.07, 6.45) is 3.22. The third-order valence-electron chi connectivity index (χ3n) is 3.74. The van der Waals surface area contributed by atoms with Crippen molar-refractivity contribution >= 4 is 18.1 Å². The van der Waals surface area contributed by atoms with E-state index in [0.29, 0.717) is 23.0 Å². The van der Waals surface area contributed by atoms with Crippen molar-refractivity contribution in [3.63, 3.8) is 0 Å². The molecule has 1 aliphatic heterocycles. The first-order chi connectivity index (χ1) is 8.66. The minimum absolute atomic E-state index is 0. The summed E-state index contributed by atoms with van der Waals surface area (Å²) in [5.41, 5.74) is 6.71. The number of hydrogen-bond donors (Lipinski definition) is 1. The summed E-state index contributed by atoms with van der Waals surface area (Å²) in [6, 6.07) is 2.77. The van der Waals surface area contributed by atoms with Crippen LogP contribution in [0.1, 0.15) is 30.9 Å². The molecule has 2 N–H and O–H groups in total. The number of hydrogen-bond acceptors (Lipinski definition) is 5. The van der Waals surface area contributed by atoms with Gasteiger partial charge in [-0.05, 0) is 24.8 Å². The van der Waals surface area contributed by atoms with E-state index < -0.39 is 4.92 Å². The first-order valence-electron chi connectivity index (χ1n) is 6.00. The Bertz CT molecular complexity index is 505. The maximum Gasteiger partial charge on any atom is 0.278 e. The van der Waals surface area contributed by atoms with Crippen molar-refractivity contribution in [1.29, 1.82) is 0 Å². The Hall–Kier alpha value is -1.53. The number of nitrogens with zero attached hydrogens (tertiary/aromatic N) is 1. The third-order valence-corrected chi connectivity index (χ3v) is 3.74. The third kappa shape index (κ3) is 2.33. The highest BCUT2D eigenvalue weighted by atomic mass is 35.5. The van der Waals surface area contributed by atoms with Gasteiger partial charge in [-0.25, -0.2) is 0 Å². The lowest BCUT2D eigenvalue weighted by atomic mass is 9.77. The van der Waals surface area contributed by atoms with Gasteiger partial charge in [0, 0.05) is 6.04 Å². The van der Waals surface area contributed by atoms with Crippen molar-refractivity contribution < 1.29 is 14.4 Å². The van der Waals surface area contributed by atoms with E-state index in [1.165, 1.54) is 6.07 Å². The van der Waals surface area contributed by atoms with E-state index in [-0.39, 0.29) is 30.9 Å². The Morgan fingerprint density at radius 2 is 1.95 bits per heavy atom. The molecule has 6 nitrogen and oxygen atoms in total. The van der Waals surface area contributed by atoms with Crippen molar-refractivity contribution in [3.8, 4) is 11.5 Å². The summed E-state index contributed by atoms with van der Waals surface area (Å²) < 4.78 is 10.4. The first kappa shape index (κ1) is 13.9. The molecule has 2 aliphatic rings. The number of benzene rings is 1. The maximum atomic E-state index is 11.1. The molecule has 0 amide bonds. The van der Waals surface area contributed by atoms with Gasteiger partial charge in [-0.1, -0.05) is 6.42 Å². The van der Waals surface area contributed by atoms with Gasteiger partial charge >= 0.3 is 0 Å². The van der Waals surface area contributed by atoms with Crippen LogP contribution in [-0.2, 0) is 0 Å². The molecule has 1 atom stereocenters. The normalized spacial score (nSPS) is 18.4. The molecule has 7 heteroatoms. The van der Waals surface area contributed by atoms with Crippen molar-refractivity contribution in [2.75, 3.05) is 6.79 Å². The van der Waals surface area contributed by atoms with Crippen LogP contribution in [0, 0.1) is 16.0 Å². The first-order valence-corrected chi connectivity index (χ1v) is 6.00. The van der Waals surface area contributed by atoms with Gasteiger partial charge in [-0.3, -0.25) is 10.1 Å². The van der Waals surface area contributed by atoms with Gasteiger partial charge < -0.3 is 15.2 Å². The Labute approximate surface area is 116 Å². The molecular formula is C12H15ClN2O4. The predicted octanol–water partition coefficient (Wildman–Crippen LogP) is 2.55. The second kappa shape index (κ2) is 5.22. The van der Waals surface area contributed by atoms with Gasteiger partial charge in [0.15, 0.2) is 11.5 Å². The summed E-state index contributed by atoms with van der Waals surface area (Å²) in [4.78, 5) is 10.7. The van der Waals surface area contributed by atoms with E-state index in [1.807, 2.05) is 0 Å². The fourth-order valence-electron chi connectivity index (χ4n) is 2.42. The largest absolute Gasteiger partial charge is 0.454 e. The van der Waals surface area contributed by atoms with E-state index in [1.54, 1.807) is 6.07 Å². The van der Waals surface area contributed by atoms with Crippen LogP contribution in [0.15, 0.2) is 12.1 Å². The Balaban J connectivity index is 0.00000133. The van der Waals surface area contributed by atoms with Crippen molar-refractivity contribution in [3.05, 3.63) is 27.8 Å². The van der Waals surface area contributed by atoms with Crippen LogP contribution in [0.25, 0.3) is 0 Å². The van der Waals surface area contributed by atoms with Crippen molar-refractivity contribution in [2.45, 2.75) is 25.3 Å². The lowest BCUT2D eigenvalue weighted by Crippen LogP contribution is -2.27. The second-order valence-electron chi connectivity index (χ2n) is 4.74. The summed E-state index contributed by atoms with van der Waals surface area (Å²) in [5, 5.41) is 11.1. The number of nitro benzene ring substituents is 1. The standard InChI is InChI=1S/C12H14N2O4.ClH/c13-12(7-2-1-3-7)8-4-10-11(18-6-17-10)5-9(8)14(15)16;/h4-5,7,12H,1-3,6,13H2;1H/t12-;/m1./s1. The van der Waals surface area contributed by atoms with Crippen LogP contribution in [0.5, 0.6) is 11.5 Å². The molecule has 0 spiro atoms. The zero-order valence-corrected chi connectivity index (χ0v) is 11.0. The highest BCUT2D eigenvalue weighted by molar-refractivity contribution is 5.85. The number of nitrogens with two attached hydrogens (primary N) is 1. The molecule has 19 heavy (non-hydrogen) atoms. The zero-order chi connectivity index (χ0) is 12.7. The van der Waals surface area contributed by atoms with Crippen LogP contribution >= 0.6 is 12.4 Å². The molecule has 0 bridgehead atoms. The summed E-state index contributed by atoms with van der Waals surface area (Å²) in [7, 11) is 0. The molecule has 0 aromatic heterocycles. The Morgan fingerprint density at radius 1 is 1.32 bits per heavy atom. The van der Waals surface area contributed by atoms with Crippen molar-refractivity contribution in [2.24, 2.45) is 11.7 Å². The average molecular weight is 287 g/mol. The van der Waals surface area contributed by atoms with Gasteiger partial charge in [-0.2, -0.15) is 0 Å². The lowest BCUT2D eigenvalue weighted by Gasteiger charge is -2.31. The topological polar surface area (TPSA) is 87.6 Å². The summed E-state index contributed by atoms with van der Waals surface area (Å²) in [6.45, 7) is 0.106. The molecule has 104 valence electrons. The molecule has 1 fully saturated rings. The van der Waals surface area contributed by atoms with E-state index in [0.717, 1.165) is 19.3 Å². The Morgan fingerprint density at radius 3 is 2.47 bits per heavy atom. The quantitative estimate of drug-likeness (QED) is 0.681. The second-order valence-corrected chi connectivity index (χ2v) is 4.74. The molecule has 3 rings (SSSR count). The number of ether oxygens (including phenoxy) is 2. The van der Waals surface area contributed by atoms with E-state index in [4.69, 9.17) is 15.2 Å². The highest BCUT2D eigenvalue weighted by Crippen LogP contribution is 2.44. The van der Waals surface area contributed by atoms with Crippen LogP contribution in [0.2, 0.25) is 0 Å². The lowest BCUT2D eigenvalue weighted by molar-refractivity contribution is -0.385. The van der Waals surface area contributed by atoms with E-state index >= 15 is 0 Å². The Kier molecular flexibility index (Phi) is 3.82. The van der Waals surface area contributed by atoms with Gasteiger partial charge in [0.1, 0.15) is 0 Å². The molecule has 1 saturated carbocycles. The molecular weight excluding hydrogens is 272 g/mol. The number of nitro groups is 1. The molecule has 0 saturated heterocycles. The van der Waals surface area contributed by atoms with Gasteiger partial charge in [0.2, 0.25) is 6.79 Å². The maximum absolute atomic E-state index is 11.1. The van der Waals surface area contributed by atoms with E-state index in [9.17, 15) is 10.1 Å². The fourth-order valence-corrected chi connectivity index (χ4v) is 2.42. The number of rotatable bonds is 3. The van der Waals surface area contributed by atoms with Gasteiger partial charge in [-0.15, -0.1) is 12.4 Å². The van der Waals surface area contributed by atoms with Gasteiger partial charge in [0.25, 0.3) is 5.69 Å². The molecule has 1 aromatic carbocycles. The van der Waals surface area contributed by atoms with Crippen molar-refractivity contribution in [1.82, 2.24) is 0 Å². The zero-order valence-electron chi connectivity index (χ0n) is 10.2. The molecule has 0 radical (unpaired) electrons. The summed E-state index contributed by atoms with van der Waals surface area (Å²) >= 11 is 0. The molecule has 1 aliphatic carbocycles. The van der Waals surface area contributed by atoms with E-state index in [2.05, 4.69) is 0 Å². The SMILES string of the molecule is Cl.N[C@@H](c1cc2c(cc1[N+](=O)[O-])OCO2)C1CCC1. The highest BCUT2D eigenvalue weighted by Gasteiger charge is 2.32. The average Bonchev–Trinajstić information content (AvgIpc) is 2.71. The number of fused-ring (bicyclic) bond motifs is 1. The van der Waals surface area contributed by atoms with Crippen LogP contribution in [0.4, 0.5) is 5.69 Å². The number of halogens is 1. The minimum atomic E-state index is -0.407. The molecule has 1 aromatic rings. The molecule has 0 unspecified atom stereocenters. The monoisotopic (exact) mass is 286 g/mol. The molecule has 1 heterocycles. The minimum Gasteiger partial charge on any atom is -0.454 e. The van der Waals surface area contributed by atoms with Crippen LogP contribution < -0.4 is 15.2 Å². The van der Waals surface area contributed by atoms with Crippen LogP contribution in [0.3, 0.4) is 0 Å².